The number of para-hydroxylation sites is 1. The van der Waals surface area contributed by atoms with Crippen molar-refractivity contribution < 1.29 is 8.83 Å². The van der Waals surface area contributed by atoms with Gasteiger partial charge in [-0.25, -0.2) is 0 Å². The summed E-state index contributed by atoms with van der Waals surface area (Å²) in [6.45, 7) is 0. The number of rotatable bonds is 3. The van der Waals surface area contributed by atoms with Crippen molar-refractivity contribution >= 4 is 32.7 Å². The van der Waals surface area contributed by atoms with Crippen LogP contribution in [-0.2, 0) is 0 Å². The fourth-order valence-corrected chi connectivity index (χ4v) is 4.91. The molecule has 34 heavy (non-hydrogen) atoms. The zero-order valence-electron chi connectivity index (χ0n) is 18.4. The minimum atomic E-state index is 0.857. The first-order chi connectivity index (χ1) is 16.9. The second-order valence-electron chi connectivity index (χ2n) is 8.53. The average molecular weight is 437 g/mol. The van der Waals surface area contributed by atoms with Crippen LogP contribution in [0.25, 0.3) is 66.5 Å². The van der Waals surface area contributed by atoms with Gasteiger partial charge in [0.2, 0.25) is 0 Å². The highest BCUT2D eigenvalue weighted by Crippen LogP contribution is 2.45. The zero-order valence-corrected chi connectivity index (χ0v) is 18.4. The van der Waals surface area contributed by atoms with Crippen LogP contribution in [0.5, 0.6) is 0 Å². The number of hydrogen-bond acceptors (Lipinski definition) is 2. The molecule has 0 amide bonds. The summed E-state index contributed by atoms with van der Waals surface area (Å²) >= 11 is 0. The molecule has 0 unspecified atom stereocenters. The summed E-state index contributed by atoms with van der Waals surface area (Å²) in [4.78, 5) is 0. The summed E-state index contributed by atoms with van der Waals surface area (Å²) in [6.07, 6.45) is 0. The maximum absolute atomic E-state index is 6.68. The van der Waals surface area contributed by atoms with E-state index in [1.807, 2.05) is 36.4 Å². The molecule has 7 aromatic rings. The normalized spacial score (nSPS) is 11.5. The van der Waals surface area contributed by atoms with Crippen LogP contribution in [-0.4, -0.2) is 0 Å². The Hall–Kier alpha value is -4.56. The maximum Gasteiger partial charge on any atom is 0.143 e. The lowest BCUT2D eigenvalue weighted by molar-refractivity contribution is 0.602. The summed E-state index contributed by atoms with van der Waals surface area (Å²) in [6, 6.07) is 41.8. The standard InChI is InChI=1S/C32H20O2/c1-3-11-21(12-4-1)26-19-27-23-15-9-10-18-29(23)33-30(27)20-28(26)32-25-17-8-7-16-24(25)31(34-32)22-13-5-2-6-14-22/h1-20H. The van der Waals surface area contributed by atoms with Crippen molar-refractivity contribution in [3.8, 4) is 33.8 Å². The minimum Gasteiger partial charge on any atom is -0.456 e. The molecule has 2 heteroatoms. The van der Waals surface area contributed by atoms with Gasteiger partial charge in [0, 0.05) is 32.7 Å². The van der Waals surface area contributed by atoms with Gasteiger partial charge in [0.05, 0.1) is 0 Å². The smallest absolute Gasteiger partial charge is 0.143 e. The maximum atomic E-state index is 6.68. The first-order valence-corrected chi connectivity index (χ1v) is 11.4. The van der Waals surface area contributed by atoms with E-state index < -0.39 is 0 Å². The molecule has 0 aliphatic carbocycles. The van der Waals surface area contributed by atoms with Gasteiger partial charge in [-0.05, 0) is 29.3 Å². The van der Waals surface area contributed by atoms with Gasteiger partial charge in [0.15, 0.2) is 0 Å². The third-order valence-electron chi connectivity index (χ3n) is 6.50. The van der Waals surface area contributed by atoms with E-state index in [0.29, 0.717) is 0 Å². The van der Waals surface area contributed by atoms with Crippen LogP contribution in [0, 0.1) is 0 Å². The molecule has 0 aliphatic heterocycles. The van der Waals surface area contributed by atoms with Gasteiger partial charge < -0.3 is 8.83 Å². The van der Waals surface area contributed by atoms with E-state index in [1.165, 1.54) is 0 Å². The Labute approximate surface area is 196 Å². The first kappa shape index (κ1) is 19.0. The number of fused-ring (bicyclic) bond motifs is 4. The van der Waals surface area contributed by atoms with Crippen molar-refractivity contribution in [2.24, 2.45) is 0 Å². The summed E-state index contributed by atoms with van der Waals surface area (Å²) < 4.78 is 12.9. The third-order valence-corrected chi connectivity index (χ3v) is 6.50. The Morgan fingerprint density at radius 1 is 0.353 bits per heavy atom. The first-order valence-electron chi connectivity index (χ1n) is 11.4. The van der Waals surface area contributed by atoms with Gasteiger partial charge in [0.25, 0.3) is 0 Å². The molecule has 0 saturated carbocycles. The molecule has 160 valence electrons. The molecule has 0 fully saturated rings. The minimum absolute atomic E-state index is 0.857. The lowest BCUT2D eigenvalue weighted by atomic mass is 9.94. The molecule has 2 nitrogen and oxygen atoms in total. The predicted octanol–water partition coefficient (Wildman–Crippen LogP) is 9.33. The molecule has 0 N–H and O–H groups in total. The SMILES string of the molecule is c1ccc(-c2cc3c(cc2-c2oc(-c4ccccc4)c4ccccc24)oc2ccccc23)cc1. The van der Waals surface area contributed by atoms with E-state index in [2.05, 4.69) is 84.9 Å². The Morgan fingerprint density at radius 2 is 0.941 bits per heavy atom. The van der Waals surface area contributed by atoms with Gasteiger partial charge in [-0.3, -0.25) is 0 Å². The van der Waals surface area contributed by atoms with E-state index in [0.717, 1.165) is 66.5 Å². The molecule has 2 heterocycles. The molecular formula is C32H20O2. The van der Waals surface area contributed by atoms with Crippen LogP contribution in [0.1, 0.15) is 0 Å². The summed E-state index contributed by atoms with van der Waals surface area (Å²) in [7, 11) is 0. The van der Waals surface area contributed by atoms with E-state index in [1.54, 1.807) is 0 Å². The van der Waals surface area contributed by atoms with Gasteiger partial charge >= 0.3 is 0 Å². The molecule has 0 saturated heterocycles. The summed E-state index contributed by atoms with van der Waals surface area (Å²) in [5, 5.41) is 4.43. The van der Waals surface area contributed by atoms with Gasteiger partial charge in [-0.1, -0.05) is 103 Å². The zero-order chi connectivity index (χ0) is 22.5. The highest BCUT2D eigenvalue weighted by atomic mass is 16.3. The Bertz CT molecular complexity index is 1790. The number of hydrogen-bond donors (Lipinski definition) is 0. The monoisotopic (exact) mass is 436 g/mol. The molecule has 7 rings (SSSR count). The van der Waals surface area contributed by atoms with Crippen molar-refractivity contribution in [2.45, 2.75) is 0 Å². The third kappa shape index (κ3) is 2.89. The molecule has 0 bridgehead atoms. The second kappa shape index (κ2) is 7.50. The molecule has 0 atom stereocenters. The molecular weight excluding hydrogens is 416 g/mol. The van der Waals surface area contributed by atoms with Gasteiger partial charge in [-0.2, -0.15) is 0 Å². The van der Waals surface area contributed by atoms with Crippen LogP contribution in [0.3, 0.4) is 0 Å². The van der Waals surface area contributed by atoms with Crippen LogP contribution < -0.4 is 0 Å². The van der Waals surface area contributed by atoms with Crippen LogP contribution in [0.2, 0.25) is 0 Å². The quantitative estimate of drug-likeness (QED) is 0.276. The Kier molecular flexibility index (Phi) is 4.18. The van der Waals surface area contributed by atoms with E-state index in [4.69, 9.17) is 8.83 Å². The Morgan fingerprint density at radius 3 is 1.68 bits per heavy atom. The fourth-order valence-electron chi connectivity index (χ4n) is 4.91. The van der Waals surface area contributed by atoms with Crippen LogP contribution in [0.15, 0.2) is 130 Å². The lowest BCUT2D eigenvalue weighted by Crippen LogP contribution is -1.85. The number of furan rings is 2. The van der Waals surface area contributed by atoms with Crippen molar-refractivity contribution in [3.63, 3.8) is 0 Å². The number of benzene rings is 5. The largest absolute Gasteiger partial charge is 0.456 e. The summed E-state index contributed by atoms with van der Waals surface area (Å²) in [5.41, 5.74) is 6.11. The molecule has 0 aliphatic rings. The topological polar surface area (TPSA) is 26.3 Å². The van der Waals surface area contributed by atoms with E-state index >= 15 is 0 Å². The summed E-state index contributed by atoms with van der Waals surface area (Å²) in [5.74, 6) is 1.74. The second-order valence-corrected chi connectivity index (χ2v) is 8.53. The van der Waals surface area contributed by atoms with Crippen molar-refractivity contribution in [3.05, 3.63) is 121 Å². The van der Waals surface area contributed by atoms with Crippen LogP contribution in [0.4, 0.5) is 0 Å². The highest BCUT2D eigenvalue weighted by molar-refractivity contribution is 6.11. The lowest BCUT2D eigenvalue weighted by Gasteiger charge is -2.09. The molecule has 2 aromatic heterocycles. The van der Waals surface area contributed by atoms with Crippen molar-refractivity contribution in [1.82, 2.24) is 0 Å². The average Bonchev–Trinajstić information content (AvgIpc) is 3.47. The fraction of sp³-hybridized carbons (Fsp3) is 0. The van der Waals surface area contributed by atoms with Gasteiger partial charge in [0.1, 0.15) is 22.7 Å². The van der Waals surface area contributed by atoms with Crippen molar-refractivity contribution in [1.29, 1.82) is 0 Å². The highest BCUT2D eigenvalue weighted by Gasteiger charge is 2.21. The van der Waals surface area contributed by atoms with E-state index in [-0.39, 0.29) is 0 Å². The molecule has 0 radical (unpaired) electrons. The van der Waals surface area contributed by atoms with Crippen LogP contribution >= 0.6 is 0 Å². The van der Waals surface area contributed by atoms with Gasteiger partial charge in [-0.15, -0.1) is 0 Å². The Balaban J connectivity index is 1.58. The molecule has 5 aromatic carbocycles. The molecule has 0 spiro atoms. The van der Waals surface area contributed by atoms with Crippen molar-refractivity contribution in [2.75, 3.05) is 0 Å². The predicted molar refractivity (Wildman–Crippen MR) is 140 cm³/mol. The van der Waals surface area contributed by atoms with E-state index in [9.17, 15) is 0 Å².